The van der Waals surface area contributed by atoms with Gasteiger partial charge in [-0.3, -0.25) is 4.72 Å². The lowest BCUT2D eigenvalue weighted by molar-refractivity contribution is 0.257. The lowest BCUT2D eigenvalue weighted by atomic mass is 10.1. The standard InChI is InChI=1S/C18H22F2N4O2S/c1-23(2)14-4-3-9-24(12-14)18-8-6-15(11-21-18)27(25,26)22-13-5-7-16(19)17(20)10-13/h5-8,10-11,14,22H,3-4,9,12H2,1-2H3. The largest absolute Gasteiger partial charge is 0.355 e. The number of hydrogen-bond acceptors (Lipinski definition) is 5. The van der Waals surface area contributed by atoms with Crippen molar-refractivity contribution in [1.82, 2.24) is 9.88 Å². The molecule has 9 heteroatoms. The summed E-state index contributed by atoms with van der Waals surface area (Å²) in [7, 11) is 0.143. The first-order valence-corrected chi connectivity index (χ1v) is 10.1. The first-order valence-electron chi connectivity index (χ1n) is 8.61. The second-order valence-corrected chi connectivity index (χ2v) is 8.47. The highest BCUT2D eigenvalue weighted by molar-refractivity contribution is 7.92. The van der Waals surface area contributed by atoms with Gasteiger partial charge in [0.1, 0.15) is 10.7 Å². The van der Waals surface area contributed by atoms with Crippen molar-refractivity contribution in [3.05, 3.63) is 48.2 Å². The van der Waals surface area contributed by atoms with Gasteiger partial charge in [0.25, 0.3) is 10.0 Å². The molecule has 3 rings (SSSR count). The van der Waals surface area contributed by atoms with Crippen LogP contribution in [0.4, 0.5) is 20.3 Å². The summed E-state index contributed by atoms with van der Waals surface area (Å²) in [5, 5.41) is 0. The van der Waals surface area contributed by atoms with Crippen molar-refractivity contribution < 1.29 is 17.2 Å². The fourth-order valence-corrected chi connectivity index (χ4v) is 4.07. The topological polar surface area (TPSA) is 65.5 Å². The van der Waals surface area contributed by atoms with Gasteiger partial charge in [0.05, 0.1) is 5.69 Å². The lowest BCUT2D eigenvalue weighted by Gasteiger charge is -2.36. The van der Waals surface area contributed by atoms with Crippen LogP contribution in [0.15, 0.2) is 41.4 Å². The third-order valence-corrected chi connectivity index (χ3v) is 6.02. The van der Waals surface area contributed by atoms with Gasteiger partial charge in [0.15, 0.2) is 11.6 Å². The normalized spacial score (nSPS) is 18.0. The van der Waals surface area contributed by atoms with Crippen molar-refractivity contribution in [2.75, 3.05) is 36.8 Å². The first-order chi connectivity index (χ1) is 12.8. The van der Waals surface area contributed by atoms with Crippen LogP contribution < -0.4 is 9.62 Å². The molecule has 0 radical (unpaired) electrons. The Labute approximate surface area is 157 Å². The molecule has 1 aromatic carbocycles. The van der Waals surface area contributed by atoms with E-state index in [1.807, 2.05) is 14.1 Å². The van der Waals surface area contributed by atoms with Gasteiger partial charge in [-0.05, 0) is 51.2 Å². The van der Waals surface area contributed by atoms with Gasteiger partial charge in [-0.15, -0.1) is 0 Å². The first kappa shape index (κ1) is 19.5. The van der Waals surface area contributed by atoms with Crippen molar-refractivity contribution in [2.45, 2.75) is 23.8 Å². The van der Waals surface area contributed by atoms with Gasteiger partial charge in [0, 0.05) is 31.4 Å². The quantitative estimate of drug-likeness (QED) is 0.842. The molecule has 1 atom stereocenters. The molecule has 1 aliphatic rings. The van der Waals surface area contributed by atoms with E-state index >= 15 is 0 Å². The zero-order valence-electron chi connectivity index (χ0n) is 15.2. The Kier molecular flexibility index (Phi) is 5.61. The molecule has 1 saturated heterocycles. The molecule has 2 aromatic rings. The van der Waals surface area contributed by atoms with Gasteiger partial charge < -0.3 is 9.80 Å². The molecule has 0 aliphatic carbocycles. The molecule has 0 spiro atoms. The summed E-state index contributed by atoms with van der Waals surface area (Å²) >= 11 is 0. The Hall–Kier alpha value is -2.26. The Bertz CT molecular complexity index is 904. The number of nitrogens with zero attached hydrogens (tertiary/aromatic N) is 3. The predicted molar refractivity (Wildman–Crippen MR) is 100 cm³/mol. The number of anilines is 2. The number of aromatic nitrogens is 1. The number of likely N-dealkylation sites (N-methyl/N-ethyl adjacent to an activating group) is 1. The minimum atomic E-state index is -3.94. The van der Waals surface area contributed by atoms with Gasteiger partial charge in [-0.1, -0.05) is 0 Å². The van der Waals surface area contributed by atoms with E-state index < -0.39 is 21.7 Å². The van der Waals surface area contributed by atoms with Crippen LogP contribution in [0.3, 0.4) is 0 Å². The van der Waals surface area contributed by atoms with E-state index in [2.05, 4.69) is 19.5 Å². The van der Waals surface area contributed by atoms with E-state index in [0.717, 1.165) is 44.1 Å². The maximum atomic E-state index is 13.3. The molecular formula is C18H22F2N4O2S. The van der Waals surface area contributed by atoms with Crippen LogP contribution in [0.5, 0.6) is 0 Å². The van der Waals surface area contributed by atoms with E-state index in [-0.39, 0.29) is 10.6 Å². The molecule has 0 saturated carbocycles. The number of benzene rings is 1. The second-order valence-electron chi connectivity index (χ2n) is 6.79. The summed E-state index contributed by atoms with van der Waals surface area (Å²) in [4.78, 5) is 8.56. The summed E-state index contributed by atoms with van der Waals surface area (Å²) in [5.41, 5.74) is -0.0529. The Morgan fingerprint density at radius 2 is 1.96 bits per heavy atom. The number of halogens is 2. The molecule has 146 valence electrons. The van der Waals surface area contributed by atoms with E-state index in [9.17, 15) is 17.2 Å². The van der Waals surface area contributed by atoms with Crippen molar-refractivity contribution in [1.29, 1.82) is 0 Å². The van der Waals surface area contributed by atoms with Crippen LogP contribution in [0.1, 0.15) is 12.8 Å². The zero-order chi connectivity index (χ0) is 19.6. The highest BCUT2D eigenvalue weighted by Crippen LogP contribution is 2.22. The van der Waals surface area contributed by atoms with Crippen LogP contribution in [0.25, 0.3) is 0 Å². The fourth-order valence-electron chi connectivity index (χ4n) is 3.08. The highest BCUT2D eigenvalue weighted by atomic mass is 32.2. The molecule has 27 heavy (non-hydrogen) atoms. The molecule has 0 bridgehead atoms. The average Bonchev–Trinajstić information content (AvgIpc) is 2.65. The molecule has 1 N–H and O–H groups in total. The molecule has 1 unspecified atom stereocenters. The minimum Gasteiger partial charge on any atom is -0.355 e. The number of nitrogens with one attached hydrogen (secondary N) is 1. The zero-order valence-corrected chi connectivity index (χ0v) is 16.0. The summed E-state index contributed by atoms with van der Waals surface area (Å²) < 4.78 is 53.4. The number of pyridine rings is 1. The third-order valence-electron chi connectivity index (χ3n) is 4.65. The number of sulfonamides is 1. The highest BCUT2D eigenvalue weighted by Gasteiger charge is 2.23. The van der Waals surface area contributed by atoms with Gasteiger partial charge in [-0.2, -0.15) is 0 Å². The van der Waals surface area contributed by atoms with Crippen LogP contribution >= 0.6 is 0 Å². The molecule has 2 heterocycles. The van der Waals surface area contributed by atoms with Crippen molar-refractivity contribution in [3.63, 3.8) is 0 Å². The van der Waals surface area contributed by atoms with Crippen LogP contribution in [0, 0.1) is 11.6 Å². The van der Waals surface area contributed by atoms with Crippen LogP contribution in [-0.2, 0) is 10.0 Å². The van der Waals surface area contributed by atoms with Crippen LogP contribution in [0.2, 0.25) is 0 Å². The Morgan fingerprint density at radius 1 is 1.19 bits per heavy atom. The molecule has 0 amide bonds. The molecule has 1 aromatic heterocycles. The Balaban J connectivity index is 1.74. The van der Waals surface area contributed by atoms with E-state index in [1.54, 1.807) is 6.07 Å². The van der Waals surface area contributed by atoms with Crippen molar-refractivity contribution in [2.24, 2.45) is 0 Å². The van der Waals surface area contributed by atoms with Crippen molar-refractivity contribution >= 4 is 21.5 Å². The van der Waals surface area contributed by atoms with E-state index in [1.165, 1.54) is 12.3 Å². The fraction of sp³-hybridized carbons (Fsp3) is 0.389. The number of hydrogen-bond donors (Lipinski definition) is 1. The predicted octanol–water partition coefficient (Wildman–Crippen LogP) is 2.69. The number of rotatable bonds is 5. The van der Waals surface area contributed by atoms with Gasteiger partial charge >= 0.3 is 0 Å². The summed E-state index contributed by atoms with van der Waals surface area (Å²) in [6.45, 7) is 1.70. The molecular weight excluding hydrogens is 374 g/mol. The molecule has 1 aliphatic heterocycles. The summed E-state index contributed by atoms with van der Waals surface area (Å²) in [6.07, 6.45) is 3.44. The van der Waals surface area contributed by atoms with E-state index in [0.29, 0.717) is 11.9 Å². The van der Waals surface area contributed by atoms with Crippen molar-refractivity contribution in [3.8, 4) is 0 Å². The third kappa shape index (κ3) is 4.54. The SMILES string of the molecule is CN(C)C1CCCN(c2ccc(S(=O)(=O)Nc3ccc(F)c(F)c3)cn2)C1. The average molecular weight is 396 g/mol. The minimum absolute atomic E-state index is 0.0443. The Morgan fingerprint density at radius 3 is 2.59 bits per heavy atom. The molecule has 1 fully saturated rings. The monoisotopic (exact) mass is 396 g/mol. The van der Waals surface area contributed by atoms with Gasteiger partial charge in [-0.25, -0.2) is 22.2 Å². The summed E-state index contributed by atoms with van der Waals surface area (Å²) in [6, 6.07) is 6.38. The molecule has 6 nitrogen and oxygen atoms in total. The summed E-state index contributed by atoms with van der Waals surface area (Å²) in [5.74, 6) is -1.45. The maximum Gasteiger partial charge on any atom is 0.263 e. The van der Waals surface area contributed by atoms with E-state index in [4.69, 9.17) is 0 Å². The smallest absolute Gasteiger partial charge is 0.263 e. The van der Waals surface area contributed by atoms with Crippen LogP contribution in [-0.4, -0.2) is 51.5 Å². The second kappa shape index (κ2) is 7.77. The lowest BCUT2D eigenvalue weighted by Crippen LogP contribution is -2.45. The van der Waals surface area contributed by atoms with Gasteiger partial charge in [0.2, 0.25) is 0 Å². The number of piperidine rings is 1. The maximum absolute atomic E-state index is 13.3.